The van der Waals surface area contributed by atoms with Crippen LogP contribution in [-0.2, 0) is 16.0 Å². The summed E-state index contributed by atoms with van der Waals surface area (Å²) >= 11 is 0. The predicted molar refractivity (Wildman–Crippen MR) is 115 cm³/mol. The van der Waals surface area contributed by atoms with Gasteiger partial charge in [0.15, 0.2) is 0 Å². The second-order valence-corrected chi connectivity index (χ2v) is 8.96. The number of nitrogens with zero attached hydrogens (tertiary/aromatic N) is 2. The van der Waals surface area contributed by atoms with E-state index in [-0.39, 0.29) is 11.8 Å². The number of allylic oxidation sites excluding steroid dienone is 2. The van der Waals surface area contributed by atoms with Gasteiger partial charge >= 0.3 is 0 Å². The Labute approximate surface area is 175 Å². The number of carbonyl (C=O) groups excluding carboxylic acids is 2. The number of piperidine rings is 2. The van der Waals surface area contributed by atoms with Crippen LogP contribution < -0.4 is 0 Å². The van der Waals surface area contributed by atoms with E-state index >= 15 is 0 Å². The Bertz CT molecular complexity index is 734. The molecule has 0 radical (unpaired) electrons. The first-order valence-electron chi connectivity index (χ1n) is 11.5. The Balaban J connectivity index is 1.22. The lowest BCUT2D eigenvalue weighted by atomic mass is 9.85. The van der Waals surface area contributed by atoms with Crippen molar-refractivity contribution in [1.82, 2.24) is 9.80 Å². The van der Waals surface area contributed by atoms with Crippen molar-refractivity contribution < 1.29 is 9.59 Å². The fourth-order valence-corrected chi connectivity index (χ4v) is 5.29. The summed E-state index contributed by atoms with van der Waals surface area (Å²) < 4.78 is 0. The molecule has 0 N–H and O–H groups in total. The average molecular weight is 395 g/mol. The van der Waals surface area contributed by atoms with Crippen LogP contribution in [0.3, 0.4) is 0 Å². The predicted octanol–water partition coefficient (Wildman–Crippen LogP) is 4.55. The second kappa shape index (κ2) is 9.60. The Morgan fingerprint density at radius 3 is 2.38 bits per heavy atom. The largest absolute Gasteiger partial charge is 0.343 e. The maximum Gasteiger partial charge on any atom is 0.227 e. The summed E-state index contributed by atoms with van der Waals surface area (Å²) in [5.74, 6) is 1.53. The minimum Gasteiger partial charge on any atom is -0.343 e. The topological polar surface area (TPSA) is 40.6 Å². The van der Waals surface area contributed by atoms with E-state index in [0.29, 0.717) is 24.7 Å². The number of amides is 2. The van der Waals surface area contributed by atoms with E-state index in [4.69, 9.17) is 0 Å². The summed E-state index contributed by atoms with van der Waals surface area (Å²) in [5, 5.41) is 0. The van der Waals surface area contributed by atoms with Gasteiger partial charge in [0, 0.05) is 38.2 Å². The summed E-state index contributed by atoms with van der Waals surface area (Å²) in [4.78, 5) is 29.5. The van der Waals surface area contributed by atoms with Crippen molar-refractivity contribution in [2.75, 3.05) is 19.6 Å². The fourth-order valence-electron chi connectivity index (χ4n) is 5.29. The third-order valence-electron chi connectivity index (χ3n) is 6.96. The van der Waals surface area contributed by atoms with Crippen LogP contribution in [0.1, 0.15) is 63.4 Å². The molecule has 2 heterocycles. The van der Waals surface area contributed by atoms with Crippen molar-refractivity contribution in [2.45, 2.75) is 64.2 Å². The number of likely N-dealkylation sites (tertiary alicyclic amines) is 2. The van der Waals surface area contributed by atoms with Gasteiger partial charge in [0.05, 0.1) is 0 Å². The van der Waals surface area contributed by atoms with Crippen LogP contribution in [0.4, 0.5) is 0 Å². The molecule has 1 aromatic carbocycles. The number of fused-ring (bicyclic) bond motifs is 1. The van der Waals surface area contributed by atoms with E-state index in [9.17, 15) is 9.59 Å². The molecule has 0 spiro atoms. The van der Waals surface area contributed by atoms with E-state index < -0.39 is 0 Å². The highest BCUT2D eigenvalue weighted by atomic mass is 16.2. The molecule has 4 rings (SSSR count). The van der Waals surface area contributed by atoms with Gasteiger partial charge in [-0.3, -0.25) is 9.59 Å². The van der Waals surface area contributed by atoms with Gasteiger partial charge in [0.1, 0.15) is 0 Å². The van der Waals surface area contributed by atoms with Crippen LogP contribution in [0.5, 0.6) is 0 Å². The summed E-state index contributed by atoms with van der Waals surface area (Å²) in [6.07, 6.45) is 12.1. The van der Waals surface area contributed by atoms with E-state index in [1.165, 1.54) is 30.5 Å². The number of hydrogen-bond acceptors (Lipinski definition) is 2. The number of rotatable bonds is 5. The molecule has 2 amide bonds. The summed E-state index contributed by atoms with van der Waals surface area (Å²) in [6.45, 7) is 2.50. The van der Waals surface area contributed by atoms with Gasteiger partial charge in [0.2, 0.25) is 11.8 Å². The van der Waals surface area contributed by atoms with Gasteiger partial charge < -0.3 is 9.80 Å². The van der Waals surface area contributed by atoms with Crippen molar-refractivity contribution >= 4 is 11.8 Å². The lowest BCUT2D eigenvalue weighted by Gasteiger charge is -2.38. The quantitative estimate of drug-likeness (QED) is 0.735. The van der Waals surface area contributed by atoms with Crippen LogP contribution >= 0.6 is 0 Å². The molecule has 2 saturated heterocycles. The molecule has 4 nitrogen and oxygen atoms in total. The van der Waals surface area contributed by atoms with Gasteiger partial charge in [0.25, 0.3) is 0 Å². The standard InChI is InChI=1S/C25H34N2O2/c28-24(26-17-14-21(15-18-26)19-20-7-2-1-3-8-20)12-13-25(29)27-16-6-10-22-9-4-5-11-23(22)27/h1-3,7-8,11,21-22H,4-6,9-10,12-19H2. The minimum absolute atomic E-state index is 0.148. The zero-order valence-electron chi connectivity index (χ0n) is 17.5. The third kappa shape index (κ3) is 5.09. The van der Waals surface area contributed by atoms with Gasteiger partial charge in [-0.25, -0.2) is 0 Å². The fraction of sp³-hybridized carbons (Fsp3) is 0.600. The summed E-state index contributed by atoms with van der Waals surface area (Å²) in [5.41, 5.74) is 2.64. The van der Waals surface area contributed by atoms with Crippen LogP contribution in [0.25, 0.3) is 0 Å². The van der Waals surface area contributed by atoms with Crippen LogP contribution in [0.15, 0.2) is 42.1 Å². The van der Waals surface area contributed by atoms with Crippen LogP contribution in [0, 0.1) is 11.8 Å². The Hall–Kier alpha value is -2.10. The molecular formula is C25H34N2O2. The van der Waals surface area contributed by atoms with Crippen molar-refractivity contribution in [2.24, 2.45) is 11.8 Å². The van der Waals surface area contributed by atoms with Crippen LogP contribution in [0.2, 0.25) is 0 Å². The molecule has 0 bridgehead atoms. The molecule has 1 atom stereocenters. The van der Waals surface area contributed by atoms with Crippen molar-refractivity contribution in [1.29, 1.82) is 0 Å². The molecule has 1 unspecified atom stereocenters. The minimum atomic E-state index is 0.148. The summed E-state index contributed by atoms with van der Waals surface area (Å²) in [7, 11) is 0. The molecule has 2 aliphatic heterocycles. The van der Waals surface area contributed by atoms with E-state index in [0.717, 1.165) is 51.7 Å². The van der Waals surface area contributed by atoms with Gasteiger partial charge in [-0.2, -0.15) is 0 Å². The lowest BCUT2D eigenvalue weighted by molar-refractivity contribution is -0.137. The average Bonchev–Trinajstić information content (AvgIpc) is 2.78. The first kappa shape index (κ1) is 20.2. The molecule has 156 valence electrons. The lowest BCUT2D eigenvalue weighted by Crippen LogP contribution is -2.41. The molecule has 0 aromatic heterocycles. The zero-order valence-corrected chi connectivity index (χ0v) is 17.5. The Kier molecular flexibility index (Phi) is 6.68. The zero-order chi connectivity index (χ0) is 20.1. The highest BCUT2D eigenvalue weighted by molar-refractivity contribution is 5.85. The van der Waals surface area contributed by atoms with Gasteiger partial charge in [-0.05, 0) is 68.8 Å². The van der Waals surface area contributed by atoms with Crippen molar-refractivity contribution in [3.05, 3.63) is 47.7 Å². The molecule has 29 heavy (non-hydrogen) atoms. The molecular weight excluding hydrogens is 360 g/mol. The van der Waals surface area contributed by atoms with Crippen LogP contribution in [-0.4, -0.2) is 41.2 Å². The Morgan fingerprint density at radius 2 is 1.59 bits per heavy atom. The van der Waals surface area contributed by atoms with Crippen molar-refractivity contribution in [3.63, 3.8) is 0 Å². The number of carbonyl (C=O) groups is 2. The monoisotopic (exact) mass is 394 g/mol. The summed E-state index contributed by atoms with van der Waals surface area (Å²) in [6, 6.07) is 10.6. The first-order chi connectivity index (χ1) is 14.2. The number of hydrogen-bond donors (Lipinski definition) is 0. The molecule has 4 heteroatoms. The molecule has 1 aromatic rings. The number of benzene rings is 1. The highest BCUT2D eigenvalue weighted by Crippen LogP contribution is 2.35. The normalized spacial score (nSPS) is 22.8. The van der Waals surface area contributed by atoms with Gasteiger partial charge in [-0.15, -0.1) is 0 Å². The van der Waals surface area contributed by atoms with E-state index in [1.54, 1.807) is 0 Å². The molecule has 0 saturated carbocycles. The third-order valence-corrected chi connectivity index (χ3v) is 6.96. The Morgan fingerprint density at radius 1 is 0.862 bits per heavy atom. The van der Waals surface area contributed by atoms with E-state index in [1.807, 2.05) is 9.80 Å². The first-order valence-corrected chi connectivity index (χ1v) is 11.5. The SMILES string of the molecule is O=C(CCC(=O)N1CCCC2CCCC=C21)N1CCC(Cc2ccccc2)CC1. The second-order valence-electron chi connectivity index (χ2n) is 8.96. The smallest absolute Gasteiger partial charge is 0.227 e. The maximum atomic E-state index is 12.8. The van der Waals surface area contributed by atoms with Gasteiger partial charge in [-0.1, -0.05) is 36.4 Å². The van der Waals surface area contributed by atoms with Crippen molar-refractivity contribution in [3.8, 4) is 0 Å². The molecule has 3 aliphatic rings. The molecule has 2 fully saturated rings. The maximum absolute atomic E-state index is 12.8. The molecule has 1 aliphatic carbocycles. The highest BCUT2D eigenvalue weighted by Gasteiger charge is 2.31. The van der Waals surface area contributed by atoms with E-state index in [2.05, 4.69) is 36.4 Å².